The molecule has 2 heterocycles. The van der Waals surface area contributed by atoms with E-state index in [0.29, 0.717) is 23.6 Å². The van der Waals surface area contributed by atoms with E-state index in [4.69, 9.17) is 9.47 Å². The number of ether oxygens (including phenoxy) is 2. The van der Waals surface area contributed by atoms with E-state index in [1.54, 1.807) is 30.3 Å². The average molecular weight is 445 g/mol. The number of carbonyl (C=O) groups excluding carboxylic acids is 1. The summed E-state index contributed by atoms with van der Waals surface area (Å²) in [5.74, 6) is 0.655. The molecule has 7 nitrogen and oxygen atoms in total. The largest absolute Gasteiger partial charge is 0.495 e. The summed E-state index contributed by atoms with van der Waals surface area (Å²) < 4.78 is 40.0. The van der Waals surface area contributed by atoms with Gasteiger partial charge in [-0.2, -0.15) is 0 Å². The van der Waals surface area contributed by atoms with E-state index in [0.717, 1.165) is 43.4 Å². The van der Waals surface area contributed by atoms with Crippen molar-refractivity contribution in [1.82, 2.24) is 4.90 Å². The molecule has 1 atom stereocenters. The minimum atomic E-state index is -3.92. The maximum absolute atomic E-state index is 13.2. The van der Waals surface area contributed by atoms with Crippen LogP contribution in [-0.2, 0) is 10.0 Å². The zero-order valence-corrected chi connectivity index (χ0v) is 18.9. The highest BCUT2D eigenvalue weighted by Crippen LogP contribution is 2.33. The van der Waals surface area contributed by atoms with Crippen LogP contribution in [0.15, 0.2) is 35.2 Å². The Balaban J connectivity index is 1.68. The van der Waals surface area contributed by atoms with Gasteiger partial charge in [-0.3, -0.25) is 9.52 Å². The summed E-state index contributed by atoms with van der Waals surface area (Å²) in [5, 5.41) is 0. The van der Waals surface area contributed by atoms with E-state index < -0.39 is 10.0 Å². The van der Waals surface area contributed by atoms with Crippen LogP contribution in [0.1, 0.15) is 47.2 Å². The van der Waals surface area contributed by atoms with E-state index in [2.05, 4.69) is 4.72 Å². The highest BCUT2D eigenvalue weighted by Gasteiger charge is 2.31. The van der Waals surface area contributed by atoms with Crippen LogP contribution in [0.25, 0.3) is 0 Å². The van der Waals surface area contributed by atoms with Crippen LogP contribution in [-0.4, -0.2) is 45.5 Å². The van der Waals surface area contributed by atoms with E-state index >= 15 is 0 Å². The lowest BCUT2D eigenvalue weighted by Crippen LogP contribution is -2.45. The summed E-state index contributed by atoms with van der Waals surface area (Å²) in [5.41, 5.74) is 2.48. The fourth-order valence-electron chi connectivity index (χ4n) is 4.26. The van der Waals surface area contributed by atoms with Crippen LogP contribution < -0.4 is 14.2 Å². The number of hydrogen-bond donors (Lipinski definition) is 1. The number of hydrogen-bond acceptors (Lipinski definition) is 5. The monoisotopic (exact) mass is 444 g/mol. The van der Waals surface area contributed by atoms with Gasteiger partial charge in [0, 0.05) is 24.7 Å². The van der Waals surface area contributed by atoms with Gasteiger partial charge in [0.05, 0.1) is 19.3 Å². The maximum Gasteiger partial charge on any atom is 0.265 e. The molecular weight excluding hydrogens is 416 g/mol. The molecule has 0 spiro atoms. The minimum Gasteiger partial charge on any atom is -0.495 e. The van der Waals surface area contributed by atoms with E-state index in [9.17, 15) is 13.2 Å². The predicted molar refractivity (Wildman–Crippen MR) is 119 cm³/mol. The maximum atomic E-state index is 13.2. The second-order valence-electron chi connectivity index (χ2n) is 8.19. The topological polar surface area (TPSA) is 84.9 Å². The van der Waals surface area contributed by atoms with Crippen LogP contribution in [0.5, 0.6) is 11.5 Å². The Labute approximate surface area is 183 Å². The first-order chi connectivity index (χ1) is 14.8. The van der Waals surface area contributed by atoms with Gasteiger partial charge >= 0.3 is 0 Å². The van der Waals surface area contributed by atoms with Crippen molar-refractivity contribution >= 4 is 21.6 Å². The van der Waals surface area contributed by atoms with Crippen LogP contribution >= 0.6 is 0 Å². The van der Waals surface area contributed by atoms with Gasteiger partial charge in [-0.05, 0) is 74.6 Å². The second-order valence-corrected chi connectivity index (χ2v) is 9.84. The van der Waals surface area contributed by atoms with Gasteiger partial charge in [-0.1, -0.05) is 0 Å². The summed E-state index contributed by atoms with van der Waals surface area (Å²) in [6.07, 6.45) is 3.88. The summed E-state index contributed by atoms with van der Waals surface area (Å²) >= 11 is 0. The molecule has 31 heavy (non-hydrogen) atoms. The van der Waals surface area contributed by atoms with Crippen LogP contribution in [0.2, 0.25) is 0 Å². The summed E-state index contributed by atoms with van der Waals surface area (Å²) in [6.45, 7) is 5.01. The van der Waals surface area contributed by atoms with Gasteiger partial charge in [-0.15, -0.1) is 0 Å². The molecule has 1 unspecified atom stereocenters. The zero-order valence-electron chi connectivity index (χ0n) is 18.1. The molecule has 1 fully saturated rings. The first-order valence-electron chi connectivity index (χ1n) is 10.6. The molecule has 2 aliphatic rings. The molecule has 1 N–H and O–H groups in total. The molecule has 0 radical (unpaired) electrons. The number of rotatable bonds is 4. The zero-order chi connectivity index (χ0) is 22.2. The molecule has 4 rings (SSSR count). The molecule has 8 heteroatoms. The Morgan fingerprint density at radius 3 is 2.65 bits per heavy atom. The third-order valence-electron chi connectivity index (χ3n) is 6.13. The number of anilines is 1. The lowest BCUT2D eigenvalue weighted by molar-refractivity contribution is 0.0548. The molecule has 0 aromatic heterocycles. The van der Waals surface area contributed by atoms with Gasteiger partial charge in [0.2, 0.25) is 0 Å². The van der Waals surface area contributed by atoms with Gasteiger partial charge in [0.15, 0.2) is 0 Å². The molecule has 0 saturated carbocycles. The number of fused-ring (bicyclic) bond motifs is 2. The smallest absolute Gasteiger partial charge is 0.265 e. The number of methoxy groups -OCH3 is 1. The SMILES string of the molecule is COc1cc(C)c(C)cc1S(=O)(=O)Nc1ccc2c(c1)C(=O)N1CCCCC1CCO2. The second kappa shape index (κ2) is 8.42. The molecular formula is C23H28N2O5S. The molecule has 2 aromatic rings. The van der Waals surface area contributed by atoms with Gasteiger partial charge < -0.3 is 14.4 Å². The van der Waals surface area contributed by atoms with Gasteiger partial charge in [-0.25, -0.2) is 8.42 Å². The lowest BCUT2D eigenvalue weighted by Gasteiger charge is -2.37. The molecule has 0 bridgehead atoms. The Morgan fingerprint density at radius 1 is 1.10 bits per heavy atom. The van der Waals surface area contributed by atoms with Crippen LogP contribution in [0, 0.1) is 13.8 Å². The Morgan fingerprint density at radius 2 is 1.87 bits per heavy atom. The number of nitrogens with zero attached hydrogens (tertiary/aromatic N) is 1. The molecule has 0 aliphatic carbocycles. The Hall–Kier alpha value is -2.74. The summed E-state index contributed by atoms with van der Waals surface area (Å²) in [7, 11) is -2.48. The fourth-order valence-corrected chi connectivity index (χ4v) is 5.54. The van der Waals surface area contributed by atoms with Gasteiger partial charge in [0.25, 0.3) is 15.9 Å². The van der Waals surface area contributed by atoms with E-state index in [-0.39, 0.29) is 22.6 Å². The molecule has 2 aromatic carbocycles. The third kappa shape index (κ3) is 4.21. The number of benzene rings is 2. The molecule has 2 aliphatic heterocycles. The van der Waals surface area contributed by atoms with Crippen LogP contribution in [0.3, 0.4) is 0 Å². The van der Waals surface area contributed by atoms with Crippen molar-refractivity contribution in [2.24, 2.45) is 0 Å². The quantitative estimate of drug-likeness (QED) is 0.773. The number of amides is 1. The lowest BCUT2D eigenvalue weighted by atomic mass is 9.97. The van der Waals surface area contributed by atoms with Crippen molar-refractivity contribution in [3.05, 3.63) is 47.0 Å². The minimum absolute atomic E-state index is 0.0588. The van der Waals surface area contributed by atoms with Gasteiger partial charge in [0.1, 0.15) is 16.4 Å². The molecule has 1 saturated heterocycles. The van der Waals surface area contributed by atoms with Crippen molar-refractivity contribution in [2.45, 2.75) is 50.5 Å². The highest BCUT2D eigenvalue weighted by molar-refractivity contribution is 7.92. The number of piperidine rings is 1. The van der Waals surface area contributed by atoms with Crippen LogP contribution in [0.4, 0.5) is 5.69 Å². The summed E-state index contributed by atoms with van der Waals surface area (Å²) in [4.78, 5) is 15.2. The van der Waals surface area contributed by atoms with Crippen molar-refractivity contribution in [2.75, 3.05) is 25.0 Å². The van der Waals surface area contributed by atoms with E-state index in [1.807, 2.05) is 18.7 Å². The van der Waals surface area contributed by atoms with Crippen molar-refractivity contribution in [3.8, 4) is 11.5 Å². The van der Waals surface area contributed by atoms with Crippen molar-refractivity contribution in [1.29, 1.82) is 0 Å². The van der Waals surface area contributed by atoms with Crippen molar-refractivity contribution < 1.29 is 22.7 Å². The first-order valence-corrected chi connectivity index (χ1v) is 12.0. The van der Waals surface area contributed by atoms with Crippen molar-refractivity contribution in [3.63, 3.8) is 0 Å². The normalized spacial score (nSPS) is 18.9. The number of nitrogens with one attached hydrogen (secondary N) is 1. The fraction of sp³-hybridized carbons (Fsp3) is 0.435. The average Bonchev–Trinajstić information content (AvgIpc) is 2.74. The first kappa shape index (κ1) is 21.5. The predicted octanol–water partition coefficient (Wildman–Crippen LogP) is 3.89. The Bertz CT molecular complexity index is 1110. The van der Waals surface area contributed by atoms with E-state index in [1.165, 1.54) is 7.11 Å². The molecule has 166 valence electrons. The standard InChI is InChI=1S/C23H28N2O5S/c1-15-12-21(29-3)22(13-16(15)2)31(27,28)24-17-7-8-20-19(14-17)23(26)25-10-5-4-6-18(25)9-11-30-20/h7-8,12-14,18,24H,4-6,9-11H2,1-3H3. The molecule has 1 amide bonds. The highest BCUT2D eigenvalue weighted by atomic mass is 32.2. The summed E-state index contributed by atoms with van der Waals surface area (Å²) in [6, 6.07) is 8.32. The number of sulfonamides is 1. The Kier molecular flexibility index (Phi) is 5.83. The number of aryl methyl sites for hydroxylation is 2. The third-order valence-corrected chi connectivity index (χ3v) is 7.53. The number of carbonyl (C=O) groups is 1.